The zero-order valence-electron chi connectivity index (χ0n) is 12.5. The van der Waals surface area contributed by atoms with Crippen LogP contribution in [-0.4, -0.2) is 21.0 Å². The standard InChI is InChI=1S/C19H12N2O2S/c22-19(23)14-7-4-10-20-17(14)18-21-15-9-8-13(11-16(15)24-18)12-5-2-1-3-6-12/h1-11H,(H,22,23). The van der Waals surface area contributed by atoms with Crippen LogP contribution in [0.4, 0.5) is 0 Å². The molecule has 116 valence electrons. The lowest BCUT2D eigenvalue weighted by atomic mass is 10.1. The van der Waals surface area contributed by atoms with Crippen LogP contribution < -0.4 is 0 Å². The molecule has 4 rings (SSSR count). The molecule has 0 aliphatic rings. The molecule has 0 aliphatic carbocycles. The summed E-state index contributed by atoms with van der Waals surface area (Å²) >= 11 is 1.45. The first-order chi connectivity index (χ1) is 11.7. The van der Waals surface area contributed by atoms with Gasteiger partial charge in [-0.2, -0.15) is 0 Å². The van der Waals surface area contributed by atoms with E-state index in [9.17, 15) is 9.90 Å². The molecule has 0 radical (unpaired) electrons. The largest absolute Gasteiger partial charge is 0.478 e. The average Bonchev–Trinajstić information content (AvgIpc) is 3.05. The molecule has 4 nitrogen and oxygen atoms in total. The number of carbonyl (C=O) groups is 1. The van der Waals surface area contributed by atoms with Crippen molar-refractivity contribution in [3.63, 3.8) is 0 Å². The van der Waals surface area contributed by atoms with Crippen LogP contribution in [0.25, 0.3) is 32.0 Å². The number of carboxylic acid groups (broad SMARTS) is 1. The van der Waals surface area contributed by atoms with E-state index in [1.807, 2.05) is 30.3 Å². The van der Waals surface area contributed by atoms with E-state index in [-0.39, 0.29) is 5.56 Å². The van der Waals surface area contributed by atoms with Crippen LogP contribution in [0.15, 0.2) is 66.9 Å². The normalized spacial score (nSPS) is 10.8. The molecule has 5 heteroatoms. The number of aromatic carboxylic acids is 1. The summed E-state index contributed by atoms with van der Waals surface area (Å²) in [6, 6.07) is 19.3. The number of benzene rings is 2. The van der Waals surface area contributed by atoms with Crippen molar-refractivity contribution in [3.05, 3.63) is 72.4 Å². The van der Waals surface area contributed by atoms with Crippen LogP contribution in [-0.2, 0) is 0 Å². The molecule has 0 fully saturated rings. The van der Waals surface area contributed by atoms with Crippen molar-refractivity contribution in [1.29, 1.82) is 0 Å². The van der Waals surface area contributed by atoms with Gasteiger partial charge in [0, 0.05) is 6.20 Å². The molecule has 0 atom stereocenters. The minimum absolute atomic E-state index is 0.167. The Hall–Kier alpha value is -3.05. The molecule has 2 aromatic carbocycles. The van der Waals surface area contributed by atoms with Gasteiger partial charge < -0.3 is 5.11 Å². The van der Waals surface area contributed by atoms with Gasteiger partial charge in [-0.25, -0.2) is 9.78 Å². The zero-order valence-corrected chi connectivity index (χ0v) is 13.3. The van der Waals surface area contributed by atoms with E-state index in [4.69, 9.17) is 0 Å². The zero-order chi connectivity index (χ0) is 16.5. The Morgan fingerprint density at radius 2 is 1.79 bits per heavy atom. The van der Waals surface area contributed by atoms with Gasteiger partial charge in [0.15, 0.2) is 0 Å². The fourth-order valence-electron chi connectivity index (χ4n) is 2.58. The van der Waals surface area contributed by atoms with Gasteiger partial charge in [-0.3, -0.25) is 4.98 Å². The van der Waals surface area contributed by atoms with Gasteiger partial charge in [-0.15, -0.1) is 11.3 Å². The SMILES string of the molecule is O=C(O)c1cccnc1-c1nc2ccc(-c3ccccc3)cc2s1. The van der Waals surface area contributed by atoms with Gasteiger partial charge in [-0.1, -0.05) is 36.4 Å². The summed E-state index contributed by atoms with van der Waals surface area (Å²) in [5.74, 6) is -0.998. The second kappa shape index (κ2) is 5.86. The maximum absolute atomic E-state index is 11.4. The smallest absolute Gasteiger partial charge is 0.338 e. The first-order valence-corrected chi connectivity index (χ1v) is 8.19. The third kappa shape index (κ3) is 2.55. The van der Waals surface area contributed by atoms with Crippen molar-refractivity contribution >= 4 is 27.5 Å². The van der Waals surface area contributed by atoms with E-state index < -0.39 is 5.97 Å². The van der Waals surface area contributed by atoms with E-state index in [0.717, 1.165) is 21.3 Å². The summed E-state index contributed by atoms with van der Waals surface area (Å²) < 4.78 is 1.01. The molecule has 2 aromatic heterocycles. The molecule has 4 aromatic rings. The molecule has 2 heterocycles. The maximum Gasteiger partial charge on any atom is 0.338 e. The van der Waals surface area contributed by atoms with Gasteiger partial charge in [0.1, 0.15) is 10.7 Å². The average molecular weight is 332 g/mol. The Balaban J connectivity index is 1.84. The summed E-state index contributed by atoms with van der Waals surface area (Å²) in [6.07, 6.45) is 1.59. The monoisotopic (exact) mass is 332 g/mol. The molecular formula is C19H12N2O2S. The predicted octanol–water partition coefficient (Wildman–Crippen LogP) is 4.72. The minimum atomic E-state index is -0.998. The summed E-state index contributed by atoms with van der Waals surface area (Å²) in [5.41, 5.74) is 3.67. The molecule has 0 saturated carbocycles. The van der Waals surface area contributed by atoms with E-state index in [1.54, 1.807) is 18.3 Å². The van der Waals surface area contributed by atoms with Crippen LogP contribution >= 0.6 is 11.3 Å². The van der Waals surface area contributed by atoms with Crippen molar-refractivity contribution in [2.75, 3.05) is 0 Å². The third-order valence-corrected chi connectivity index (χ3v) is 4.76. The minimum Gasteiger partial charge on any atom is -0.478 e. The molecule has 0 spiro atoms. The number of hydrogen-bond donors (Lipinski definition) is 1. The van der Waals surface area contributed by atoms with Gasteiger partial charge in [0.2, 0.25) is 0 Å². The van der Waals surface area contributed by atoms with Crippen LogP contribution in [0.1, 0.15) is 10.4 Å². The second-order valence-electron chi connectivity index (χ2n) is 5.27. The van der Waals surface area contributed by atoms with E-state index in [1.165, 1.54) is 11.3 Å². The van der Waals surface area contributed by atoms with Crippen molar-refractivity contribution in [2.24, 2.45) is 0 Å². The number of aromatic nitrogens is 2. The summed E-state index contributed by atoms with van der Waals surface area (Å²) in [4.78, 5) is 20.2. The van der Waals surface area contributed by atoms with Gasteiger partial charge in [0.05, 0.1) is 15.8 Å². The fraction of sp³-hybridized carbons (Fsp3) is 0. The summed E-state index contributed by atoms with van der Waals surface area (Å²) in [6.45, 7) is 0. The molecule has 24 heavy (non-hydrogen) atoms. The van der Waals surface area contributed by atoms with Crippen LogP contribution in [0.3, 0.4) is 0 Å². The van der Waals surface area contributed by atoms with Crippen LogP contribution in [0.2, 0.25) is 0 Å². The lowest BCUT2D eigenvalue weighted by molar-refractivity contribution is 0.0697. The highest BCUT2D eigenvalue weighted by Gasteiger charge is 2.16. The quantitative estimate of drug-likeness (QED) is 0.589. The highest BCUT2D eigenvalue weighted by Crippen LogP contribution is 2.33. The van der Waals surface area contributed by atoms with Gasteiger partial charge in [-0.05, 0) is 35.4 Å². The first kappa shape index (κ1) is 14.5. The first-order valence-electron chi connectivity index (χ1n) is 7.37. The topological polar surface area (TPSA) is 63.1 Å². The van der Waals surface area contributed by atoms with Crippen molar-refractivity contribution in [3.8, 4) is 21.8 Å². The third-order valence-electron chi connectivity index (χ3n) is 3.74. The number of carboxylic acids is 1. The maximum atomic E-state index is 11.4. The highest BCUT2D eigenvalue weighted by molar-refractivity contribution is 7.21. The van der Waals surface area contributed by atoms with E-state index in [2.05, 4.69) is 28.2 Å². The van der Waals surface area contributed by atoms with Gasteiger partial charge in [0.25, 0.3) is 0 Å². The number of thiazole rings is 1. The number of rotatable bonds is 3. The lowest BCUT2D eigenvalue weighted by Gasteiger charge is -2.00. The number of nitrogens with zero attached hydrogens (tertiary/aromatic N) is 2. The molecule has 1 N–H and O–H groups in total. The molecule has 0 aliphatic heterocycles. The fourth-order valence-corrected chi connectivity index (χ4v) is 3.60. The Morgan fingerprint density at radius 1 is 0.958 bits per heavy atom. The lowest BCUT2D eigenvalue weighted by Crippen LogP contribution is -2.00. The summed E-state index contributed by atoms with van der Waals surface area (Å²) in [7, 11) is 0. The van der Waals surface area contributed by atoms with Crippen molar-refractivity contribution in [1.82, 2.24) is 9.97 Å². The summed E-state index contributed by atoms with van der Waals surface area (Å²) in [5, 5.41) is 9.95. The molecular weight excluding hydrogens is 320 g/mol. The molecule has 0 unspecified atom stereocenters. The Kier molecular flexibility index (Phi) is 3.55. The highest BCUT2D eigenvalue weighted by atomic mass is 32.1. The Labute approximate surface area is 142 Å². The Bertz CT molecular complexity index is 1040. The van der Waals surface area contributed by atoms with Crippen molar-refractivity contribution < 1.29 is 9.90 Å². The number of fused-ring (bicyclic) bond motifs is 1. The molecule has 0 amide bonds. The van der Waals surface area contributed by atoms with Crippen LogP contribution in [0.5, 0.6) is 0 Å². The van der Waals surface area contributed by atoms with Crippen molar-refractivity contribution in [2.45, 2.75) is 0 Å². The number of pyridine rings is 1. The molecule has 0 bridgehead atoms. The van der Waals surface area contributed by atoms with E-state index >= 15 is 0 Å². The molecule has 0 saturated heterocycles. The Morgan fingerprint density at radius 3 is 2.58 bits per heavy atom. The van der Waals surface area contributed by atoms with E-state index in [0.29, 0.717) is 10.7 Å². The van der Waals surface area contributed by atoms with Gasteiger partial charge >= 0.3 is 5.97 Å². The predicted molar refractivity (Wildman–Crippen MR) is 95.2 cm³/mol. The second-order valence-corrected chi connectivity index (χ2v) is 6.30. The number of hydrogen-bond acceptors (Lipinski definition) is 4. The van der Waals surface area contributed by atoms with Crippen LogP contribution in [0, 0.1) is 0 Å².